The average molecular weight is 691 g/mol. The van der Waals surface area contributed by atoms with Gasteiger partial charge in [-0.1, -0.05) is 19.0 Å². The summed E-state index contributed by atoms with van der Waals surface area (Å²) >= 11 is 6.61. The molecule has 5 aromatic rings. The molecule has 0 saturated carbocycles. The van der Waals surface area contributed by atoms with E-state index in [1.54, 1.807) is 76.6 Å². The summed E-state index contributed by atoms with van der Waals surface area (Å²) in [6.45, 7) is 7.33. The van der Waals surface area contributed by atoms with Crippen LogP contribution in [0.3, 0.4) is 0 Å². The van der Waals surface area contributed by atoms with Gasteiger partial charge in [-0.3, -0.25) is 4.98 Å². The zero-order valence-corrected chi connectivity index (χ0v) is 27.8. The van der Waals surface area contributed by atoms with Crippen molar-refractivity contribution in [2.24, 2.45) is 0 Å². The Hall–Kier alpha value is -3.68. The lowest BCUT2D eigenvalue weighted by Gasteiger charge is -2.36. The summed E-state index contributed by atoms with van der Waals surface area (Å²) in [6, 6.07) is 9.12. The van der Waals surface area contributed by atoms with E-state index in [4.69, 9.17) is 21.1 Å². The number of fused-ring (bicyclic) bond motifs is 3. The van der Waals surface area contributed by atoms with Crippen molar-refractivity contribution in [1.29, 1.82) is 0 Å². The number of aromatic nitrogens is 5. The van der Waals surface area contributed by atoms with Gasteiger partial charge in [0.05, 0.1) is 34.8 Å². The predicted octanol–water partition coefficient (Wildman–Crippen LogP) is 8.32. The molecule has 0 unspecified atom stereocenters. The van der Waals surface area contributed by atoms with Gasteiger partial charge in [-0.05, 0) is 58.4 Å². The number of amides is 1. The number of aryl methyl sites for hydroxylation is 1. The summed E-state index contributed by atoms with van der Waals surface area (Å²) in [4.78, 5) is 31.2. The number of alkyl halides is 1. The molecule has 1 saturated heterocycles. The number of carbonyl (C=O) groups excluding carboxylic acids is 1. The predicted molar refractivity (Wildman–Crippen MR) is 186 cm³/mol. The molecule has 0 bridgehead atoms. The van der Waals surface area contributed by atoms with E-state index in [2.05, 4.69) is 19.9 Å². The molecule has 0 N–H and O–H groups in total. The third kappa shape index (κ3) is 7.31. The van der Waals surface area contributed by atoms with Crippen LogP contribution in [0.1, 0.15) is 46.5 Å². The highest BCUT2D eigenvalue weighted by atomic mass is 35.5. The van der Waals surface area contributed by atoms with Crippen LogP contribution in [0.5, 0.6) is 11.8 Å². The number of likely N-dealkylation sites (tertiary alicyclic amines) is 1. The van der Waals surface area contributed by atoms with Crippen molar-refractivity contribution < 1.29 is 23.0 Å². The normalized spacial score (nSPS) is 16.3. The molecular weight excluding hydrogens is 654 g/mol. The largest absolute Gasteiger partial charge is 0.444 e. The monoisotopic (exact) mass is 690 g/mol. The molecule has 6 rings (SSSR count). The number of carbonyl (C=O) groups is 1. The summed E-state index contributed by atoms with van der Waals surface area (Å²) in [7, 11) is 0. The maximum atomic E-state index is 15.8. The van der Waals surface area contributed by atoms with E-state index in [9.17, 15) is 4.79 Å². The molecule has 1 aliphatic heterocycles. The smallest absolute Gasteiger partial charge is 0.410 e. The number of ether oxygens (including phenoxy) is 2. The Bertz CT molecular complexity index is 1860. The van der Waals surface area contributed by atoms with Gasteiger partial charge in [0.15, 0.2) is 0 Å². The van der Waals surface area contributed by atoms with E-state index < -0.39 is 29.7 Å². The molecule has 46 heavy (non-hydrogen) atoms. The number of nitrogens with zero attached hydrogens (tertiary/aromatic N) is 6. The Morgan fingerprint density at radius 2 is 1.76 bits per heavy atom. The number of imidazole rings is 1. The topological polar surface area (TPSA) is 95.3 Å². The maximum absolute atomic E-state index is 15.8. The lowest BCUT2D eigenvalue weighted by atomic mass is 10.00. The van der Waals surface area contributed by atoms with Gasteiger partial charge in [-0.15, -0.1) is 0 Å². The van der Waals surface area contributed by atoms with Crippen LogP contribution in [0.15, 0.2) is 55.0 Å². The molecule has 0 spiro atoms. The Morgan fingerprint density at radius 1 is 1.04 bits per heavy atom. The number of pyridine rings is 1. The molecular formula is C32H37ClF2N6O3S2. The molecule has 0 radical (unpaired) electrons. The zero-order valence-electron chi connectivity index (χ0n) is 25.0. The third-order valence-electron chi connectivity index (χ3n) is 7.25. The number of benzene rings is 2. The lowest BCUT2D eigenvalue weighted by molar-refractivity contribution is 0.00693. The van der Waals surface area contributed by atoms with Crippen LogP contribution >= 0.6 is 38.6 Å². The summed E-state index contributed by atoms with van der Waals surface area (Å²) in [5, 5.41) is 0.861. The van der Waals surface area contributed by atoms with Gasteiger partial charge < -0.3 is 18.9 Å². The van der Waals surface area contributed by atoms with Gasteiger partial charge in [-0.2, -0.15) is 27.0 Å². The molecule has 1 fully saturated rings. The molecule has 0 aliphatic carbocycles. The SMILES string of the molecule is C.Cc1nc2cnc3cc(F)c(-c4ccc(Oc5ncccn5)cc4Cl)cc3c2n1[C@H]1CCN(C(=O)OC(C)(C)C)C[C@@H]1F.S.S. The van der Waals surface area contributed by atoms with E-state index in [-0.39, 0.29) is 57.6 Å². The lowest BCUT2D eigenvalue weighted by Crippen LogP contribution is -2.47. The number of hydrogen-bond acceptors (Lipinski definition) is 7. The second-order valence-corrected chi connectivity index (χ2v) is 11.9. The molecule has 9 nitrogen and oxygen atoms in total. The fraction of sp³-hybridized carbons (Fsp3) is 0.344. The Labute approximate surface area is 285 Å². The van der Waals surface area contributed by atoms with Gasteiger partial charge in [-0.25, -0.2) is 28.5 Å². The molecule has 2 atom stereocenters. The van der Waals surface area contributed by atoms with Crippen molar-refractivity contribution >= 4 is 66.6 Å². The van der Waals surface area contributed by atoms with Gasteiger partial charge >= 0.3 is 12.1 Å². The van der Waals surface area contributed by atoms with Gasteiger partial charge in [0.1, 0.15) is 34.7 Å². The van der Waals surface area contributed by atoms with Crippen LogP contribution in [-0.4, -0.2) is 60.4 Å². The average Bonchev–Trinajstić information content (AvgIpc) is 3.28. The van der Waals surface area contributed by atoms with Crippen molar-refractivity contribution in [2.45, 2.75) is 59.4 Å². The van der Waals surface area contributed by atoms with Crippen molar-refractivity contribution in [3.05, 3.63) is 71.7 Å². The van der Waals surface area contributed by atoms with E-state index in [1.807, 2.05) is 4.57 Å². The second kappa shape index (κ2) is 14.4. The minimum Gasteiger partial charge on any atom is -0.444 e. The maximum Gasteiger partial charge on any atom is 0.410 e. The van der Waals surface area contributed by atoms with Crippen LogP contribution in [0.2, 0.25) is 5.02 Å². The van der Waals surface area contributed by atoms with Crippen molar-refractivity contribution in [1.82, 2.24) is 29.4 Å². The number of rotatable bonds is 4. The number of hydrogen-bond donors (Lipinski definition) is 0. The number of piperidine rings is 1. The van der Waals surface area contributed by atoms with Gasteiger partial charge in [0.2, 0.25) is 0 Å². The molecule has 246 valence electrons. The first-order chi connectivity index (χ1) is 20.5. The molecule has 2 aromatic carbocycles. The summed E-state index contributed by atoms with van der Waals surface area (Å²) in [5.41, 5.74) is 1.60. The van der Waals surface area contributed by atoms with Crippen LogP contribution in [-0.2, 0) is 4.74 Å². The molecule has 1 aliphatic rings. The minimum absolute atomic E-state index is 0. The second-order valence-electron chi connectivity index (χ2n) is 11.4. The quantitative estimate of drug-likeness (QED) is 0.187. The highest BCUT2D eigenvalue weighted by molar-refractivity contribution is 7.59. The minimum atomic E-state index is -1.38. The Kier molecular flexibility index (Phi) is 11.5. The molecule has 4 heterocycles. The van der Waals surface area contributed by atoms with Crippen LogP contribution in [0.4, 0.5) is 13.6 Å². The first-order valence-corrected chi connectivity index (χ1v) is 14.2. The van der Waals surface area contributed by atoms with E-state index >= 15 is 8.78 Å². The summed E-state index contributed by atoms with van der Waals surface area (Å²) < 4.78 is 44.3. The molecule has 1 amide bonds. The third-order valence-corrected chi connectivity index (χ3v) is 7.57. The van der Waals surface area contributed by atoms with E-state index in [0.717, 1.165) is 0 Å². The highest BCUT2D eigenvalue weighted by Crippen LogP contribution is 2.39. The Balaban J connectivity index is 0.00000192. The highest BCUT2D eigenvalue weighted by Gasteiger charge is 2.36. The standard InChI is InChI=1S/C31H29ClF2N6O3.CH4.2H2S/c1-17-38-26-15-37-25-14-23(33)20(19-7-6-18(12-22(19)32)42-29-35-9-5-10-36-29)13-21(25)28(26)40(17)27-8-11-39(16-24(27)34)30(41)43-31(2,3)4;;;/h5-7,9-10,12-15,24,27H,8,11,16H2,1-4H3;1H4;2*1H2/t24-,27-;;;/m0.../s1. The van der Waals surface area contributed by atoms with Gasteiger partial charge in [0.25, 0.3) is 0 Å². The Morgan fingerprint density at radius 3 is 2.41 bits per heavy atom. The van der Waals surface area contributed by atoms with Crippen molar-refractivity contribution in [3.63, 3.8) is 0 Å². The zero-order chi connectivity index (χ0) is 30.5. The van der Waals surface area contributed by atoms with Gasteiger partial charge in [0, 0.05) is 47.6 Å². The van der Waals surface area contributed by atoms with Crippen LogP contribution in [0, 0.1) is 12.7 Å². The summed E-state index contributed by atoms with van der Waals surface area (Å²) in [6.07, 6.45) is 3.10. The van der Waals surface area contributed by atoms with E-state index in [1.165, 1.54) is 11.0 Å². The van der Waals surface area contributed by atoms with E-state index in [0.29, 0.717) is 52.0 Å². The van der Waals surface area contributed by atoms with Crippen LogP contribution < -0.4 is 4.74 Å². The van der Waals surface area contributed by atoms with Crippen molar-refractivity contribution in [2.75, 3.05) is 13.1 Å². The number of halogens is 3. The fourth-order valence-corrected chi connectivity index (χ4v) is 5.70. The van der Waals surface area contributed by atoms with Crippen molar-refractivity contribution in [3.8, 4) is 22.9 Å². The molecule has 3 aromatic heterocycles. The molecule has 14 heteroatoms. The first kappa shape index (κ1) is 36.8. The van der Waals surface area contributed by atoms with Crippen LogP contribution in [0.25, 0.3) is 33.1 Å². The first-order valence-electron chi connectivity index (χ1n) is 13.8. The summed E-state index contributed by atoms with van der Waals surface area (Å²) in [5.74, 6) is 0.472. The fourth-order valence-electron chi connectivity index (χ4n) is 5.42.